The summed E-state index contributed by atoms with van der Waals surface area (Å²) in [5, 5.41) is 8.96. The zero-order valence-corrected chi connectivity index (χ0v) is 13.4. The fraction of sp³-hybridized carbons (Fsp3) is 0.500. The van der Waals surface area contributed by atoms with E-state index in [-0.39, 0.29) is 6.42 Å². The molecule has 0 radical (unpaired) electrons. The van der Waals surface area contributed by atoms with Crippen molar-refractivity contribution in [2.75, 3.05) is 0 Å². The molecule has 106 valence electrons. The molecule has 0 aliphatic heterocycles. The number of rotatable bonds is 5. The number of carboxylic acids is 1. The highest BCUT2D eigenvalue weighted by Gasteiger charge is 2.25. The average Bonchev–Trinajstić information content (AvgIpc) is 2.26. The van der Waals surface area contributed by atoms with E-state index in [1.54, 1.807) is 18.3 Å². The molecular formula is C12H17BrN2O3S. The number of carboxylic acid groups (broad SMARTS) is 1. The molecule has 7 heteroatoms. The molecule has 5 nitrogen and oxygen atoms in total. The van der Waals surface area contributed by atoms with Gasteiger partial charge in [-0.25, -0.2) is 13.9 Å². The van der Waals surface area contributed by atoms with Crippen LogP contribution in [0.4, 0.5) is 0 Å². The van der Waals surface area contributed by atoms with Gasteiger partial charge in [0.25, 0.3) is 0 Å². The van der Waals surface area contributed by atoms with Crippen molar-refractivity contribution >= 4 is 32.9 Å². The van der Waals surface area contributed by atoms with Gasteiger partial charge in [0.1, 0.15) is 4.60 Å². The third kappa shape index (κ3) is 5.38. The highest BCUT2D eigenvalue weighted by Crippen LogP contribution is 2.22. The van der Waals surface area contributed by atoms with E-state index in [9.17, 15) is 9.00 Å². The molecule has 0 aliphatic carbocycles. The van der Waals surface area contributed by atoms with Crippen LogP contribution in [0.5, 0.6) is 0 Å². The van der Waals surface area contributed by atoms with E-state index >= 15 is 0 Å². The molecule has 1 aromatic heterocycles. The minimum Gasteiger partial charge on any atom is -0.481 e. The Balaban J connectivity index is 2.96. The van der Waals surface area contributed by atoms with E-state index in [1.165, 1.54) is 0 Å². The lowest BCUT2D eigenvalue weighted by molar-refractivity contribution is -0.137. The quantitative estimate of drug-likeness (QED) is 0.800. The van der Waals surface area contributed by atoms with Crippen molar-refractivity contribution in [3.8, 4) is 0 Å². The SMILES string of the molecule is CC(C)(C)S(=O)N[C@H](CC(=O)O)c1ccnc(Br)c1. The molecule has 19 heavy (non-hydrogen) atoms. The Kier molecular flexibility index (Phi) is 5.64. The van der Waals surface area contributed by atoms with E-state index in [2.05, 4.69) is 25.6 Å². The molecular weight excluding hydrogens is 332 g/mol. The lowest BCUT2D eigenvalue weighted by atomic mass is 10.1. The van der Waals surface area contributed by atoms with Crippen LogP contribution in [0, 0.1) is 0 Å². The van der Waals surface area contributed by atoms with Crippen molar-refractivity contribution in [2.24, 2.45) is 0 Å². The van der Waals surface area contributed by atoms with Gasteiger partial charge in [-0.3, -0.25) is 4.79 Å². The summed E-state index contributed by atoms with van der Waals surface area (Å²) >= 11 is 3.24. The number of halogens is 1. The molecule has 1 aromatic rings. The minimum absolute atomic E-state index is 0.141. The predicted molar refractivity (Wildman–Crippen MR) is 78.0 cm³/mol. The number of carbonyl (C=O) groups is 1. The Hall–Kier alpha value is -0.790. The number of hydrogen-bond acceptors (Lipinski definition) is 3. The summed E-state index contributed by atoms with van der Waals surface area (Å²) < 4.78 is 15.1. The summed E-state index contributed by atoms with van der Waals surface area (Å²) in [6, 6.07) is 2.92. The van der Waals surface area contributed by atoms with E-state index < -0.39 is 27.7 Å². The number of nitrogens with zero attached hydrogens (tertiary/aromatic N) is 1. The zero-order chi connectivity index (χ0) is 14.6. The van der Waals surface area contributed by atoms with Crippen molar-refractivity contribution in [3.05, 3.63) is 28.5 Å². The third-order valence-corrected chi connectivity index (χ3v) is 4.38. The van der Waals surface area contributed by atoms with Crippen LogP contribution in [-0.2, 0) is 15.8 Å². The van der Waals surface area contributed by atoms with E-state index in [1.807, 2.05) is 20.8 Å². The Morgan fingerprint density at radius 3 is 2.68 bits per heavy atom. The molecule has 2 N–H and O–H groups in total. The minimum atomic E-state index is -1.34. The Labute approximate surface area is 123 Å². The Morgan fingerprint density at radius 1 is 1.58 bits per heavy atom. The topological polar surface area (TPSA) is 79.3 Å². The molecule has 1 rings (SSSR count). The summed E-state index contributed by atoms with van der Waals surface area (Å²) in [7, 11) is -1.34. The Morgan fingerprint density at radius 2 is 2.21 bits per heavy atom. The summed E-state index contributed by atoms with van der Waals surface area (Å²) in [6.07, 6.45) is 1.44. The van der Waals surface area contributed by atoms with Crippen LogP contribution in [-0.4, -0.2) is 25.0 Å². The van der Waals surface area contributed by atoms with E-state index in [0.717, 1.165) is 5.56 Å². The predicted octanol–water partition coefficient (Wildman–Crippen LogP) is 2.41. The molecule has 0 aromatic carbocycles. The van der Waals surface area contributed by atoms with Gasteiger partial charge in [0, 0.05) is 6.20 Å². The van der Waals surface area contributed by atoms with Crippen LogP contribution in [0.15, 0.2) is 22.9 Å². The van der Waals surface area contributed by atoms with E-state index in [0.29, 0.717) is 4.60 Å². The first-order chi connectivity index (χ1) is 8.70. The highest BCUT2D eigenvalue weighted by molar-refractivity contribution is 9.10. The number of nitrogens with one attached hydrogen (secondary N) is 1. The molecule has 1 heterocycles. The van der Waals surface area contributed by atoms with Gasteiger partial charge in [0.15, 0.2) is 0 Å². The number of aliphatic carboxylic acids is 1. The maximum absolute atomic E-state index is 12.1. The largest absolute Gasteiger partial charge is 0.481 e. The van der Waals surface area contributed by atoms with Crippen molar-refractivity contribution in [3.63, 3.8) is 0 Å². The van der Waals surface area contributed by atoms with Gasteiger partial charge in [-0.15, -0.1) is 0 Å². The van der Waals surface area contributed by atoms with Gasteiger partial charge in [-0.05, 0) is 54.4 Å². The van der Waals surface area contributed by atoms with Crippen molar-refractivity contribution in [1.29, 1.82) is 0 Å². The number of hydrogen-bond donors (Lipinski definition) is 2. The fourth-order valence-corrected chi connectivity index (χ4v) is 2.56. The van der Waals surface area contributed by atoms with Crippen molar-refractivity contribution in [1.82, 2.24) is 9.71 Å². The third-order valence-electron chi connectivity index (χ3n) is 2.34. The first-order valence-corrected chi connectivity index (χ1v) is 7.65. The summed E-state index contributed by atoms with van der Waals surface area (Å²) in [6.45, 7) is 5.49. The van der Waals surface area contributed by atoms with Crippen LogP contribution in [0.2, 0.25) is 0 Å². The number of aromatic nitrogens is 1. The Bertz CT molecular complexity index is 488. The molecule has 0 fully saturated rings. The second-order valence-electron chi connectivity index (χ2n) is 5.06. The summed E-state index contributed by atoms with van der Waals surface area (Å²) in [5.41, 5.74) is 0.738. The molecule has 0 bridgehead atoms. The second kappa shape index (κ2) is 6.58. The summed E-state index contributed by atoms with van der Waals surface area (Å²) in [4.78, 5) is 14.9. The van der Waals surface area contributed by atoms with E-state index in [4.69, 9.17) is 5.11 Å². The summed E-state index contributed by atoms with van der Waals surface area (Å²) in [5.74, 6) is -0.948. The van der Waals surface area contributed by atoms with Crippen LogP contribution in [0.1, 0.15) is 38.8 Å². The highest BCUT2D eigenvalue weighted by atomic mass is 79.9. The maximum atomic E-state index is 12.1. The van der Waals surface area contributed by atoms with Gasteiger partial charge in [-0.1, -0.05) is 0 Å². The number of pyridine rings is 1. The van der Waals surface area contributed by atoms with Gasteiger partial charge in [0.2, 0.25) is 0 Å². The van der Waals surface area contributed by atoms with Gasteiger partial charge >= 0.3 is 5.97 Å². The standard InChI is InChI=1S/C12H17BrN2O3S/c1-12(2,3)19(18)15-9(7-11(16)17)8-4-5-14-10(13)6-8/h4-6,9,15H,7H2,1-3H3,(H,16,17)/t9-,19?/m1/s1. The van der Waals surface area contributed by atoms with Crippen LogP contribution >= 0.6 is 15.9 Å². The maximum Gasteiger partial charge on any atom is 0.305 e. The second-order valence-corrected chi connectivity index (χ2v) is 7.87. The fourth-order valence-electron chi connectivity index (χ4n) is 1.34. The molecule has 2 atom stereocenters. The van der Waals surface area contributed by atoms with Crippen molar-refractivity contribution < 1.29 is 14.1 Å². The van der Waals surface area contributed by atoms with Crippen LogP contribution < -0.4 is 4.72 Å². The van der Waals surface area contributed by atoms with Crippen LogP contribution in [0.3, 0.4) is 0 Å². The van der Waals surface area contributed by atoms with Gasteiger partial charge in [-0.2, -0.15) is 0 Å². The lowest BCUT2D eigenvalue weighted by Gasteiger charge is -2.23. The van der Waals surface area contributed by atoms with Gasteiger partial charge in [0.05, 0.1) is 28.2 Å². The van der Waals surface area contributed by atoms with Crippen molar-refractivity contribution in [2.45, 2.75) is 38.0 Å². The monoisotopic (exact) mass is 348 g/mol. The zero-order valence-electron chi connectivity index (χ0n) is 11.0. The first-order valence-electron chi connectivity index (χ1n) is 5.71. The molecule has 0 spiro atoms. The molecule has 0 saturated carbocycles. The molecule has 1 unspecified atom stereocenters. The molecule has 0 amide bonds. The normalized spacial score (nSPS) is 14.9. The molecule has 0 saturated heterocycles. The molecule has 0 aliphatic rings. The first kappa shape index (κ1) is 16.3. The van der Waals surface area contributed by atoms with Crippen LogP contribution in [0.25, 0.3) is 0 Å². The van der Waals surface area contributed by atoms with Gasteiger partial charge < -0.3 is 5.11 Å². The lowest BCUT2D eigenvalue weighted by Crippen LogP contribution is -2.36. The average molecular weight is 349 g/mol. The smallest absolute Gasteiger partial charge is 0.305 e.